The summed E-state index contributed by atoms with van der Waals surface area (Å²) in [5, 5.41) is 13.3. The zero-order valence-corrected chi connectivity index (χ0v) is 20.2. The number of amides is 1. The highest BCUT2D eigenvalue weighted by molar-refractivity contribution is 6.06. The minimum atomic E-state index is 0. The molecule has 2 heterocycles. The fourth-order valence-corrected chi connectivity index (χ4v) is 5.39. The van der Waals surface area contributed by atoms with Gasteiger partial charge in [-0.2, -0.15) is 5.26 Å². The number of carbonyl (C=O) groups excluding carboxylic acids is 1. The molecule has 3 aromatic rings. The Bertz CT molecular complexity index is 1190. The van der Waals surface area contributed by atoms with Gasteiger partial charge in [0.2, 0.25) is 0 Å². The van der Waals surface area contributed by atoms with Gasteiger partial charge in [-0.25, -0.2) is 0 Å². The predicted octanol–water partition coefficient (Wildman–Crippen LogP) is 5.27. The lowest BCUT2D eigenvalue weighted by atomic mass is 9.83. The molecule has 1 aromatic heterocycles. The number of halogens is 1. The van der Waals surface area contributed by atoms with Crippen molar-refractivity contribution in [3.05, 3.63) is 77.0 Å². The van der Waals surface area contributed by atoms with Crippen LogP contribution in [0.5, 0.6) is 0 Å². The van der Waals surface area contributed by atoms with Crippen LogP contribution in [0, 0.1) is 17.2 Å². The molecule has 0 unspecified atom stereocenters. The predicted molar refractivity (Wildman–Crippen MR) is 137 cm³/mol. The van der Waals surface area contributed by atoms with Gasteiger partial charge in [-0.05, 0) is 86.4 Å². The third-order valence-electron chi connectivity index (χ3n) is 7.36. The Morgan fingerprint density at radius 2 is 1.91 bits per heavy atom. The molecule has 0 bridgehead atoms. The lowest BCUT2D eigenvalue weighted by molar-refractivity contribution is 0.0921. The van der Waals surface area contributed by atoms with Crippen LogP contribution in [0.25, 0.3) is 10.9 Å². The summed E-state index contributed by atoms with van der Waals surface area (Å²) in [6.07, 6.45) is 8.44. The van der Waals surface area contributed by atoms with E-state index in [0.29, 0.717) is 0 Å². The first kappa shape index (κ1) is 24.2. The normalized spacial score (nSPS) is 20.1. The summed E-state index contributed by atoms with van der Waals surface area (Å²) < 4.78 is 0. The molecule has 1 fully saturated rings. The van der Waals surface area contributed by atoms with E-state index in [9.17, 15) is 4.79 Å². The molecule has 1 aliphatic carbocycles. The van der Waals surface area contributed by atoms with Crippen molar-refractivity contribution >= 4 is 29.2 Å². The summed E-state index contributed by atoms with van der Waals surface area (Å²) >= 11 is 0. The Kier molecular flexibility index (Phi) is 7.82. The number of aromatic nitrogens is 1. The number of para-hydroxylation sites is 1. The molecule has 176 valence electrons. The Morgan fingerprint density at radius 1 is 1.09 bits per heavy atom. The maximum Gasteiger partial charge on any atom is 0.252 e. The second-order valence-electron chi connectivity index (χ2n) is 9.48. The van der Waals surface area contributed by atoms with Crippen molar-refractivity contribution in [3.8, 4) is 6.07 Å². The van der Waals surface area contributed by atoms with E-state index < -0.39 is 0 Å². The fourth-order valence-electron chi connectivity index (χ4n) is 5.39. The van der Waals surface area contributed by atoms with Gasteiger partial charge < -0.3 is 5.32 Å². The van der Waals surface area contributed by atoms with Crippen LogP contribution in [-0.2, 0) is 13.0 Å². The Morgan fingerprint density at radius 3 is 2.74 bits per heavy atom. The summed E-state index contributed by atoms with van der Waals surface area (Å²) in [5.41, 5.74) is 5.05. The molecule has 1 N–H and O–H groups in total. The third-order valence-corrected chi connectivity index (χ3v) is 7.36. The molecule has 0 spiro atoms. The number of nitrogens with one attached hydrogen (secondary N) is 1. The highest BCUT2D eigenvalue weighted by Crippen LogP contribution is 2.29. The number of rotatable bonds is 5. The quantitative estimate of drug-likeness (QED) is 0.547. The van der Waals surface area contributed by atoms with E-state index in [4.69, 9.17) is 5.26 Å². The number of hydrogen-bond donors (Lipinski definition) is 1. The van der Waals surface area contributed by atoms with Crippen LogP contribution < -0.4 is 5.32 Å². The Hall–Kier alpha value is -2.94. The zero-order chi connectivity index (χ0) is 22.6. The van der Waals surface area contributed by atoms with Crippen molar-refractivity contribution < 1.29 is 4.79 Å². The summed E-state index contributed by atoms with van der Waals surface area (Å²) in [7, 11) is 0. The summed E-state index contributed by atoms with van der Waals surface area (Å²) in [4.78, 5) is 19.8. The zero-order valence-electron chi connectivity index (χ0n) is 19.4. The van der Waals surface area contributed by atoms with Crippen LogP contribution in [0.1, 0.15) is 59.2 Å². The largest absolute Gasteiger partial charge is 0.349 e. The minimum Gasteiger partial charge on any atom is -0.349 e. The van der Waals surface area contributed by atoms with Crippen LogP contribution in [0.3, 0.4) is 0 Å². The van der Waals surface area contributed by atoms with E-state index in [0.717, 1.165) is 66.8 Å². The average molecular weight is 475 g/mol. The first-order chi connectivity index (χ1) is 16.2. The van der Waals surface area contributed by atoms with Gasteiger partial charge in [0.15, 0.2) is 0 Å². The Balaban J connectivity index is 0.00000274. The van der Waals surface area contributed by atoms with Gasteiger partial charge in [0, 0.05) is 30.7 Å². The second kappa shape index (κ2) is 11.0. The van der Waals surface area contributed by atoms with Gasteiger partial charge in [-0.1, -0.05) is 24.3 Å². The fraction of sp³-hybridized carbons (Fsp3) is 0.393. The van der Waals surface area contributed by atoms with Crippen molar-refractivity contribution in [2.45, 2.75) is 51.1 Å². The van der Waals surface area contributed by atoms with Gasteiger partial charge in [-0.15, -0.1) is 12.4 Å². The van der Waals surface area contributed by atoms with Crippen LogP contribution >= 0.6 is 12.4 Å². The molecule has 1 saturated carbocycles. The standard InChI is InChI=1S/C28H30N4O.ClH/c29-18-21-5-8-23-19-32(16-13-22(23)17-21)15-12-20-6-9-24(10-7-20)31-28(33)26-11-14-30-27-4-2-1-3-25(26)27;/h1-5,8,11,14,17,20,24H,6-7,9-10,12-13,15-16,19H2,(H,31,33);1H/t20-,24-;. The smallest absolute Gasteiger partial charge is 0.252 e. The number of benzene rings is 2. The second-order valence-corrected chi connectivity index (χ2v) is 9.48. The highest BCUT2D eigenvalue weighted by atomic mass is 35.5. The minimum absolute atomic E-state index is 0. The topological polar surface area (TPSA) is 69.0 Å². The van der Waals surface area contributed by atoms with Gasteiger partial charge in [0.25, 0.3) is 5.91 Å². The van der Waals surface area contributed by atoms with Crippen LogP contribution in [0.15, 0.2) is 54.7 Å². The van der Waals surface area contributed by atoms with Crippen molar-refractivity contribution in [2.24, 2.45) is 5.92 Å². The van der Waals surface area contributed by atoms with E-state index in [1.54, 1.807) is 6.20 Å². The van der Waals surface area contributed by atoms with Gasteiger partial charge in [0.1, 0.15) is 0 Å². The molecule has 5 nitrogen and oxygen atoms in total. The van der Waals surface area contributed by atoms with Crippen molar-refractivity contribution in [3.63, 3.8) is 0 Å². The van der Waals surface area contributed by atoms with E-state index in [1.165, 1.54) is 30.4 Å². The monoisotopic (exact) mass is 474 g/mol. The average Bonchev–Trinajstić information content (AvgIpc) is 2.87. The molecule has 0 atom stereocenters. The van der Waals surface area contributed by atoms with Gasteiger partial charge >= 0.3 is 0 Å². The van der Waals surface area contributed by atoms with E-state index in [2.05, 4.69) is 33.4 Å². The van der Waals surface area contributed by atoms with Crippen molar-refractivity contribution in [2.75, 3.05) is 13.1 Å². The van der Waals surface area contributed by atoms with Crippen LogP contribution in [-0.4, -0.2) is 34.9 Å². The summed E-state index contributed by atoms with van der Waals surface area (Å²) in [5.74, 6) is 0.755. The van der Waals surface area contributed by atoms with Gasteiger partial charge in [0.05, 0.1) is 22.7 Å². The summed E-state index contributed by atoms with van der Waals surface area (Å²) in [6.45, 7) is 3.20. The number of carbonyl (C=O) groups is 1. The number of nitriles is 1. The molecule has 0 saturated heterocycles. The SMILES string of the molecule is Cl.N#Cc1ccc2c(c1)CCN(CC[C@H]1CC[C@H](NC(=O)c3ccnc4ccccc34)CC1)C2. The van der Waals surface area contributed by atoms with E-state index in [-0.39, 0.29) is 24.4 Å². The first-order valence-electron chi connectivity index (χ1n) is 12.1. The molecule has 5 rings (SSSR count). The number of pyridine rings is 1. The number of fused-ring (bicyclic) bond motifs is 2. The van der Waals surface area contributed by atoms with Crippen molar-refractivity contribution in [1.29, 1.82) is 5.26 Å². The van der Waals surface area contributed by atoms with Gasteiger partial charge in [-0.3, -0.25) is 14.7 Å². The maximum atomic E-state index is 12.9. The van der Waals surface area contributed by atoms with E-state index in [1.807, 2.05) is 36.4 Å². The molecule has 1 amide bonds. The number of nitrogens with zero attached hydrogens (tertiary/aromatic N) is 3. The molecular weight excluding hydrogens is 444 g/mol. The molecule has 1 aliphatic heterocycles. The summed E-state index contributed by atoms with van der Waals surface area (Å²) in [6, 6.07) is 18.3. The molecule has 2 aliphatic rings. The van der Waals surface area contributed by atoms with E-state index >= 15 is 0 Å². The lowest BCUT2D eigenvalue weighted by Crippen LogP contribution is -2.38. The number of hydrogen-bond acceptors (Lipinski definition) is 4. The Labute approximate surface area is 207 Å². The van der Waals surface area contributed by atoms with Crippen LogP contribution in [0.2, 0.25) is 0 Å². The lowest BCUT2D eigenvalue weighted by Gasteiger charge is -2.33. The molecule has 2 aromatic carbocycles. The third kappa shape index (κ3) is 5.41. The molecular formula is C28H31ClN4O. The maximum absolute atomic E-state index is 12.9. The van der Waals surface area contributed by atoms with Crippen molar-refractivity contribution in [1.82, 2.24) is 15.2 Å². The highest BCUT2D eigenvalue weighted by Gasteiger charge is 2.24. The van der Waals surface area contributed by atoms with Crippen LogP contribution in [0.4, 0.5) is 0 Å². The molecule has 6 heteroatoms. The molecule has 34 heavy (non-hydrogen) atoms. The molecule has 0 radical (unpaired) electrons. The first-order valence-corrected chi connectivity index (χ1v) is 12.1.